The van der Waals surface area contributed by atoms with Crippen LogP contribution in [0.15, 0.2) is 0 Å². The molecule has 0 unspecified atom stereocenters. The molecule has 0 heterocycles. The van der Waals surface area contributed by atoms with E-state index in [1.807, 2.05) is 0 Å². The number of unbranched alkanes of at least 4 members (excludes halogenated alkanes) is 14. The number of aliphatic hydroxyl groups excluding tert-OH is 3. The Bertz CT molecular complexity index is 457. The number of amides is 1. The third kappa shape index (κ3) is 16.6. The summed E-state index contributed by atoms with van der Waals surface area (Å²) in [5.41, 5.74) is 0. The number of ketones is 1. The summed E-state index contributed by atoms with van der Waals surface area (Å²) < 4.78 is 0. The van der Waals surface area contributed by atoms with Crippen molar-refractivity contribution in [2.45, 2.75) is 148 Å². The maximum absolute atomic E-state index is 12.0. The summed E-state index contributed by atoms with van der Waals surface area (Å²) in [5, 5.41) is 32.4. The molecule has 0 rings (SSSR count). The van der Waals surface area contributed by atoms with E-state index < -0.39 is 36.5 Å². The van der Waals surface area contributed by atoms with E-state index in [-0.39, 0.29) is 6.42 Å². The summed E-state index contributed by atoms with van der Waals surface area (Å²) in [6.07, 6.45) is 16.6. The molecule has 0 aromatic heterocycles. The van der Waals surface area contributed by atoms with Gasteiger partial charge in [0.1, 0.15) is 6.10 Å². The van der Waals surface area contributed by atoms with Crippen LogP contribution in [0.25, 0.3) is 0 Å². The van der Waals surface area contributed by atoms with Gasteiger partial charge < -0.3 is 20.6 Å². The van der Waals surface area contributed by atoms with Gasteiger partial charge in [0, 0.05) is 6.42 Å². The van der Waals surface area contributed by atoms with Gasteiger partial charge in [-0.1, -0.05) is 110 Å². The topological polar surface area (TPSA) is 107 Å². The van der Waals surface area contributed by atoms with E-state index >= 15 is 0 Å². The molecule has 0 saturated carbocycles. The second-order valence-electron chi connectivity index (χ2n) is 9.23. The molecule has 0 fully saturated rings. The Kier molecular flexibility index (Phi) is 21.2. The van der Waals surface area contributed by atoms with Crippen LogP contribution in [0.5, 0.6) is 0 Å². The molecule has 0 spiro atoms. The first-order valence-electron chi connectivity index (χ1n) is 13.3. The highest BCUT2D eigenvalue weighted by Crippen LogP contribution is 2.14. The molecule has 6 nitrogen and oxygen atoms in total. The van der Waals surface area contributed by atoms with E-state index in [0.717, 1.165) is 38.5 Å². The lowest BCUT2D eigenvalue weighted by atomic mass is 9.99. The Morgan fingerprint density at radius 1 is 0.688 bits per heavy atom. The highest BCUT2D eigenvalue weighted by molar-refractivity contribution is 6.36. The number of aliphatic hydroxyl groups is 3. The number of nitrogens with one attached hydrogen (secondary N) is 1. The van der Waals surface area contributed by atoms with Crippen LogP contribution in [0.2, 0.25) is 0 Å². The van der Waals surface area contributed by atoms with Crippen LogP contribution in [-0.2, 0) is 9.59 Å². The third-order valence-electron chi connectivity index (χ3n) is 6.18. The lowest BCUT2D eigenvalue weighted by molar-refractivity contribution is -0.139. The van der Waals surface area contributed by atoms with Gasteiger partial charge in [0.2, 0.25) is 5.78 Å². The summed E-state index contributed by atoms with van der Waals surface area (Å²) in [4.78, 5) is 23.9. The van der Waals surface area contributed by atoms with E-state index in [1.165, 1.54) is 57.8 Å². The quantitative estimate of drug-likeness (QED) is 0.130. The van der Waals surface area contributed by atoms with E-state index in [2.05, 4.69) is 19.2 Å². The SMILES string of the molecule is CCCCCCCCCCCCCC[C@@H](O)[C@@H](O)[C@H](CO)NC(=O)C(=O)CCCCCC. The fourth-order valence-corrected chi connectivity index (χ4v) is 3.95. The Balaban J connectivity index is 3.90. The van der Waals surface area contributed by atoms with Crippen molar-refractivity contribution in [1.82, 2.24) is 5.32 Å². The van der Waals surface area contributed by atoms with Crippen LogP contribution in [0, 0.1) is 0 Å². The molecule has 4 N–H and O–H groups in total. The van der Waals surface area contributed by atoms with Gasteiger partial charge >= 0.3 is 0 Å². The first-order chi connectivity index (χ1) is 15.5. The number of hydrogen-bond acceptors (Lipinski definition) is 5. The number of rotatable bonds is 23. The van der Waals surface area contributed by atoms with Crippen LogP contribution >= 0.6 is 0 Å². The smallest absolute Gasteiger partial charge is 0.287 e. The predicted molar refractivity (Wildman–Crippen MR) is 130 cm³/mol. The minimum absolute atomic E-state index is 0.168. The standard InChI is InChI=1S/C26H51NO5/c1-3-5-7-9-10-11-12-13-14-15-16-18-19-23(29)25(31)22(21-28)27-26(32)24(30)20-17-8-6-4-2/h22-23,25,28-29,31H,3-21H2,1-2H3,(H,27,32)/t22-,23+,25-/m0/s1. The molecule has 0 aliphatic heterocycles. The van der Waals surface area contributed by atoms with Crippen LogP contribution in [0.1, 0.15) is 129 Å². The molecule has 0 aromatic rings. The third-order valence-corrected chi connectivity index (χ3v) is 6.18. The molecule has 0 aromatic carbocycles. The lowest BCUT2D eigenvalue weighted by Gasteiger charge is -2.26. The van der Waals surface area contributed by atoms with Crippen molar-refractivity contribution in [2.75, 3.05) is 6.61 Å². The minimum atomic E-state index is -1.29. The molecule has 0 aliphatic carbocycles. The van der Waals surface area contributed by atoms with Gasteiger partial charge in [-0.15, -0.1) is 0 Å². The van der Waals surface area contributed by atoms with Crippen molar-refractivity contribution < 1.29 is 24.9 Å². The molecular formula is C26H51NO5. The van der Waals surface area contributed by atoms with E-state index in [4.69, 9.17) is 0 Å². The number of carbonyl (C=O) groups excluding carboxylic acids is 2. The van der Waals surface area contributed by atoms with Gasteiger partial charge in [0.25, 0.3) is 5.91 Å². The van der Waals surface area contributed by atoms with Crippen LogP contribution in [0.4, 0.5) is 0 Å². The van der Waals surface area contributed by atoms with Crippen molar-refractivity contribution in [3.63, 3.8) is 0 Å². The summed E-state index contributed by atoms with van der Waals surface area (Å²) in [5.74, 6) is -1.33. The zero-order chi connectivity index (χ0) is 24.0. The maximum atomic E-state index is 12.0. The Morgan fingerprint density at radius 3 is 1.59 bits per heavy atom. The van der Waals surface area contributed by atoms with Crippen molar-refractivity contribution in [3.05, 3.63) is 0 Å². The zero-order valence-electron chi connectivity index (χ0n) is 20.8. The monoisotopic (exact) mass is 457 g/mol. The molecule has 0 radical (unpaired) electrons. The Labute approximate surface area is 196 Å². The summed E-state index contributed by atoms with van der Waals surface area (Å²) in [6.45, 7) is 3.79. The number of Topliss-reactive ketones (excluding diaryl/α,β-unsaturated/α-hetero) is 1. The molecule has 0 saturated heterocycles. The largest absolute Gasteiger partial charge is 0.394 e. The van der Waals surface area contributed by atoms with Crippen molar-refractivity contribution in [2.24, 2.45) is 0 Å². The van der Waals surface area contributed by atoms with E-state index in [0.29, 0.717) is 12.8 Å². The summed E-state index contributed by atoms with van der Waals surface area (Å²) in [7, 11) is 0. The minimum Gasteiger partial charge on any atom is -0.394 e. The average molecular weight is 458 g/mol. The van der Waals surface area contributed by atoms with Gasteiger partial charge in [-0.25, -0.2) is 0 Å². The fourth-order valence-electron chi connectivity index (χ4n) is 3.95. The van der Waals surface area contributed by atoms with Crippen molar-refractivity contribution in [3.8, 4) is 0 Å². The molecule has 3 atom stereocenters. The Hall–Kier alpha value is -0.980. The number of carbonyl (C=O) groups is 2. The second kappa shape index (κ2) is 21.8. The second-order valence-corrected chi connectivity index (χ2v) is 9.23. The summed E-state index contributed by atoms with van der Waals surface area (Å²) in [6, 6.07) is -1.03. The van der Waals surface area contributed by atoms with Crippen molar-refractivity contribution in [1.29, 1.82) is 0 Å². The van der Waals surface area contributed by atoms with Crippen LogP contribution in [-0.4, -0.2) is 51.9 Å². The fraction of sp³-hybridized carbons (Fsp3) is 0.923. The van der Waals surface area contributed by atoms with E-state index in [1.54, 1.807) is 0 Å². The first kappa shape index (κ1) is 31.0. The van der Waals surface area contributed by atoms with E-state index in [9.17, 15) is 24.9 Å². The van der Waals surface area contributed by atoms with Crippen LogP contribution < -0.4 is 5.32 Å². The molecule has 1 amide bonds. The normalized spacial score (nSPS) is 14.2. The van der Waals surface area contributed by atoms with Gasteiger partial charge in [-0.2, -0.15) is 0 Å². The molecule has 32 heavy (non-hydrogen) atoms. The van der Waals surface area contributed by atoms with Crippen molar-refractivity contribution >= 4 is 11.7 Å². The first-order valence-corrected chi connectivity index (χ1v) is 13.3. The molecule has 0 bridgehead atoms. The molecular weight excluding hydrogens is 406 g/mol. The molecule has 0 aliphatic rings. The summed E-state index contributed by atoms with van der Waals surface area (Å²) >= 11 is 0. The molecule has 190 valence electrons. The highest BCUT2D eigenvalue weighted by atomic mass is 16.3. The zero-order valence-corrected chi connectivity index (χ0v) is 20.8. The average Bonchev–Trinajstić information content (AvgIpc) is 2.80. The Morgan fingerprint density at radius 2 is 1.12 bits per heavy atom. The highest BCUT2D eigenvalue weighted by Gasteiger charge is 2.28. The van der Waals surface area contributed by atoms with Crippen LogP contribution in [0.3, 0.4) is 0 Å². The van der Waals surface area contributed by atoms with Gasteiger partial charge in [0.05, 0.1) is 18.8 Å². The lowest BCUT2D eigenvalue weighted by Crippen LogP contribution is -2.52. The molecule has 6 heteroatoms. The predicted octanol–water partition coefficient (Wildman–Crippen LogP) is 4.82. The van der Waals surface area contributed by atoms with Gasteiger partial charge in [-0.3, -0.25) is 9.59 Å². The van der Waals surface area contributed by atoms with Gasteiger partial charge in [0.15, 0.2) is 0 Å². The maximum Gasteiger partial charge on any atom is 0.287 e. The number of hydrogen-bond donors (Lipinski definition) is 4. The van der Waals surface area contributed by atoms with Gasteiger partial charge in [-0.05, 0) is 12.8 Å².